The second-order valence-electron chi connectivity index (χ2n) is 7.78. The van der Waals surface area contributed by atoms with E-state index in [1.807, 2.05) is 11.8 Å². The van der Waals surface area contributed by atoms with E-state index in [1.54, 1.807) is 24.3 Å². The van der Waals surface area contributed by atoms with Crippen LogP contribution in [0.1, 0.15) is 49.4 Å². The molecule has 2 fully saturated rings. The number of anilines is 1. The van der Waals surface area contributed by atoms with Crippen LogP contribution < -0.4 is 5.32 Å². The molecular formula is C22H31N3O4. The van der Waals surface area contributed by atoms with Gasteiger partial charge in [0, 0.05) is 24.3 Å². The smallest absolute Gasteiger partial charge is 0.309 e. The maximum atomic E-state index is 12.5. The highest BCUT2D eigenvalue weighted by Crippen LogP contribution is 2.19. The van der Waals surface area contributed by atoms with Crippen LogP contribution in [0.4, 0.5) is 5.69 Å². The lowest BCUT2D eigenvalue weighted by molar-refractivity contribution is -0.149. The molecule has 0 saturated carbocycles. The number of nitrogens with one attached hydrogen (secondary N) is 1. The van der Waals surface area contributed by atoms with Crippen molar-refractivity contribution in [3.8, 4) is 0 Å². The van der Waals surface area contributed by atoms with Gasteiger partial charge in [-0.05, 0) is 76.4 Å². The monoisotopic (exact) mass is 401 g/mol. The second kappa shape index (κ2) is 10.4. The molecule has 0 aromatic heterocycles. The molecule has 0 atom stereocenters. The zero-order chi connectivity index (χ0) is 20.6. The number of amides is 2. The number of esters is 1. The van der Waals surface area contributed by atoms with E-state index in [4.69, 9.17) is 4.74 Å². The van der Waals surface area contributed by atoms with E-state index >= 15 is 0 Å². The Morgan fingerprint density at radius 3 is 2.28 bits per heavy atom. The van der Waals surface area contributed by atoms with Gasteiger partial charge in [0.15, 0.2) is 0 Å². The molecule has 29 heavy (non-hydrogen) atoms. The highest BCUT2D eigenvalue weighted by atomic mass is 16.5. The summed E-state index contributed by atoms with van der Waals surface area (Å²) < 4.78 is 5.08. The highest BCUT2D eigenvalue weighted by Gasteiger charge is 2.26. The lowest BCUT2D eigenvalue weighted by Gasteiger charge is -2.30. The number of carbonyl (C=O) groups is 3. The lowest BCUT2D eigenvalue weighted by Crippen LogP contribution is -2.41. The van der Waals surface area contributed by atoms with Crippen LogP contribution in [-0.4, -0.2) is 66.9 Å². The first kappa shape index (κ1) is 21.3. The Bertz CT molecular complexity index is 705. The first-order valence-electron chi connectivity index (χ1n) is 10.6. The minimum Gasteiger partial charge on any atom is -0.466 e. The van der Waals surface area contributed by atoms with Crippen molar-refractivity contribution in [2.24, 2.45) is 5.92 Å². The van der Waals surface area contributed by atoms with Crippen LogP contribution in [0, 0.1) is 5.92 Å². The van der Waals surface area contributed by atoms with Gasteiger partial charge in [0.05, 0.1) is 19.1 Å². The van der Waals surface area contributed by atoms with Crippen molar-refractivity contribution in [2.45, 2.75) is 39.0 Å². The molecule has 0 spiro atoms. The third-order valence-corrected chi connectivity index (χ3v) is 5.63. The SMILES string of the molecule is CCOC(=O)C1CCN(CC(=O)Nc2ccc(C(=O)N3CCCCC3)cc2)CC1. The summed E-state index contributed by atoms with van der Waals surface area (Å²) in [7, 11) is 0. The zero-order valence-corrected chi connectivity index (χ0v) is 17.2. The summed E-state index contributed by atoms with van der Waals surface area (Å²) in [5.41, 5.74) is 1.34. The molecule has 1 aromatic rings. The minimum atomic E-state index is -0.129. The molecule has 2 heterocycles. The molecule has 1 aromatic carbocycles. The fourth-order valence-corrected chi connectivity index (χ4v) is 3.97. The number of carbonyl (C=O) groups excluding carboxylic acids is 3. The van der Waals surface area contributed by atoms with Gasteiger partial charge in [-0.25, -0.2) is 0 Å². The third kappa shape index (κ3) is 6.03. The van der Waals surface area contributed by atoms with Crippen LogP contribution in [0.15, 0.2) is 24.3 Å². The number of hydrogen-bond acceptors (Lipinski definition) is 5. The summed E-state index contributed by atoms with van der Waals surface area (Å²) in [5, 5.41) is 2.89. The number of ether oxygens (including phenoxy) is 1. The number of piperidine rings is 2. The molecule has 2 saturated heterocycles. The summed E-state index contributed by atoms with van der Waals surface area (Å²) in [5.74, 6) is -0.211. The molecule has 1 N–H and O–H groups in total. The Morgan fingerprint density at radius 2 is 1.66 bits per heavy atom. The molecule has 2 aliphatic heterocycles. The van der Waals surface area contributed by atoms with Crippen LogP contribution >= 0.6 is 0 Å². The van der Waals surface area contributed by atoms with E-state index in [1.165, 1.54) is 6.42 Å². The Morgan fingerprint density at radius 1 is 1.00 bits per heavy atom. The standard InChI is InChI=1S/C22H31N3O4/c1-2-29-22(28)18-10-14-24(15-11-18)16-20(26)23-19-8-6-17(7-9-19)21(27)25-12-4-3-5-13-25/h6-9,18H,2-5,10-16H2,1H3,(H,23,26). The Balaban J connectivity index is 1.44. The first-order valence-corrected chi connectivity index (χ1v) is 10.6. The molecule has 7 nitrogen and oxygen atoms in total. The quantitative estimate of drug-likeness (QED) is 0.741. The van der Waals surface area contributed by atoms with Gasteiger partial charge in [0.1, 0.15) is 0 Å². The predicted octanol–water partition coefficient (Wildman–Crippen LogP) is 2.53. The maximum Gasteiger partial charge on any atom is 0.309 e. The molecule has 3 rings (SSSR count). The largest absolute Gasteiger partial charge is 0.466 e. The van der Waals surface area contributed by atoms with Crippen molar-refractivity contribution in [2.75, 3.05) is 44.6 Å². The fourth-order valence-electron chi connectivity index (χ4n) is 3.97. The lowest BCUT2D eigenvalue weighted by atomic mass is 9.97. The van der Waals surface area contributed by atoms with E-state index < -0.39 is 0 Å². The topological polar surface area (TPSA) is 79.0 Å². The van der Waals surface area contributed by atoms with Gasteiger partial charge in [0.2, 0.25) is 5.91 Å². The molecule has 0 radical (unpaired) electrons. The Kier molecular flexibility index (Phi) is 7.63. The molecular weight excluding hydrogens is 370 g/mol. The minimum absolute atomic E-state index is 0.0563. The highest BCUT2D eigenvalue weighted by molar-refractivity contribution is 5.96. The number of rotatable bonds is 6. The number of benzene rings is 1. The predicted molar refractivity (Wildman–Crippen MR) is 111 cm³/mol. The average Bonchev–Trinajstić information content (AvgIpc) is 2.75. The summed E-state index contributed by atoms with van der Waals surface area (Å²) in [6.45, 7) is 5.58. The van der Waals surface area contributed by atoms with E-state index in [2.05, 4.69) is 10.2 Å². The van der Waals surface area contributed by atoms with Crippen molar-refractivity contribution >= 4 is 23.5 Å². The molecule has 0 aliphatic carbocycles. The third-order valence-electron chi connectivity index (χ3n) is 5.63. The summed E-state index contributed by atoms with van der Waals surface area (Å²) in [4.78, 5) is 40.6. The summed E-state index contributed by atoms with van der Waals surface area (Å²) in [6, 6.07) is 7.11. The number of likely N-dealkylation sites (tertiary alicyclic amines) is 2. The zero-order valence-electron chi connectivity index (χ0n) is 17.2. The van der Waals surface area contributed by atoms with Gasteiger partial charge < -0.3 is 15.0 Å². The van der Waals surface area contributed by atoms with Crippen molar-refractivity contribution in [3.63, 3.8) is 0 Å². The molecule has 2 aliphatic rings. The van der Waals surface area contributed by atoms with Crippen LogP contribution in [0.3, 0.4) is 0 Å². The van der Waals surface area contributed by atoms with Crippen LogP contribution in [0.5, 0.6) is 0 Å². The van der Waals surface area contributed by atoms with Crippen molar-refractivity contribution in [1.82, 2.24) is 9.80 Å². The van der Waals surface area contributed by atoms with E-state index in [-0.39, 0.29) is 23.7 Å². The molecule has 2 amide bonds. The van der Waals surface area contributed by atoms with Gasteiger partial charge in [-0.3, -0.25) is 19.3 Å². The van der Waals surface area contributed by atoms with Crippen LogP contribution in [-0.2, 0) is 14.3 Å². The van der Waals surface area contributed by atoms with Gasteiger partial charge in [-0.15, -0.1) is 0 Å². The molecule has 0 unspecified atom stereocenters. The van der Waals surface area contributed by atoms with Gasteiger partial charge in [-0.2, -0.15) is 0 Å². The van der Waals surface area contributed by atoms with Gasteiger partial charge >= 0.3 is 5.97 Å². The van der Waals surface area contributed by atoms with Crippen LogP contribution in [0.2, 0.25) is 0 Å². The average molecular weight is 402 g/mol. The Hall–Kier alpha value is -2.41. The summed E-state index contributed by atoms with van der Waals surface area (Å²) >= 11 is 0. The van der Waals surface area contributed by atoms with E-state index in [9.17, 15) is 14.4 Å². The Labute approximate surface area is 172 Å². The summed E-state index contributed by atoms with van der Waals surface area (Å²) in [6.07, 6.45) is 4.77. The maximum absolute atomic E-state index is 12.5. The number of nitrogens with zero attached hydrogens (tertiary/aromatic N) is 2. The normalized spacial score (nSPS) is 18.3. The number of hydrogen-bond donors (Lipinski definition) is 1. The van der Waals surface area contributed by atoms with E-state index in [0.717, 1.165) is 38.8 Å². The molecule has 7 heteroatoms. The fraction of sp³-hybridized carbons (Fsp3) is 0.591. The second-order valence-corrected chi connectivity index (χ2v) is 7.78. The van der Waals surface area contributed by atoms with Crippen LogP contribution in [0.25, 0.3) is 0 Å². The molecule has 0 bridgehead atoms. The van der Waals surface area contributed by atoms with Crippen molar-refractivity contribution < 1.29 is 19.1 Å². The van der Waals surface area contributed by atoms with Crippen molar-refractivity contribution in [1.29, 1.82) is 0 Å². The van der Waals surface area contributed by atoms with E-state index in [0.29, 0.717) is 37.5 Å². The first-order chi connectivity index (χ1) is 14.1. The molecule has 158 valence electrons. The van der Waals surface area contributed by atoms with Gasteiger partial charge in [-0.1, -0.05) is 0 Å². The van der Waals surface area contributed by atoms with Gasteiger partial charge in [0.25, 0.3) is 5.91 Å². The van der Waals surface area contributed by atoms with Crippen molar-refractivity contribution in [3.05, 3.63) is 29.8 Å².